The van der Waals surface area contributed by atoms with Crippen LogP contribution in [0, 0.1) is 0 Å². The van der Waals surface area contributed by atoms with Gasteiger partial charge in [0.15, 0.2) is 0 Å². The third kappa shape index (κ3) is 2.18. The minimum Gasteiger partial charge on any atom is -0.382 e. The molecular weight excluding hydrogens is 240 g/mol. The zero-order valence-corrected chi connectivity index (χ0v) is 10.2. The Morgan fingerprint density at radius 2 is 1.95 bits per heavy atom. The number of pyridine rings is 1. The summed E-state index contributed by atoms with van der Waals surface area (Å²) in [5, 5.41) is 1.64. The predicted octanol–water partition coefficient (Wildman–Crippen LogP) is 1.42. The van der Waals surface area contributed by atoms with Crippen LogP contribution in [-0.2, 0) is 6.54 Å². The highest BCUT2D eigenvalue weighted by Crippen LogP contribution is 2.08. The molecule has 0 aliphatic carbocycles. The van der Waals surface area contributed by atoms with Crippen LogP contribution in [-0.4, -0.2) is 14.5 Å². The molecule has 0 radical (unpaired) electrons. The van der Waals surface area contributed by atoms with Crippen LogP contribution in [0.2, 0.25) is 0 Å². The number of rotatable bonds is 2. The van der Waals surface area contributed by atoms with Crippen molar-refractivity contribution in [2.24, 2.45) is 0 Å². The smallest absolute Gasteiger partial charge is 0.258 e. The number of hydrogen-bond acceptors (Lipinski definition) is 4. The molecule has 0 bridgehead atoms. The lowest BCUT2D eigenvalue weighted by molar-refractivity contribution is 0.743. The first-order valence-electron chi connectivity index (χ1n) is 5.88. The Kier molecular flexibility index (Phi) is 2.72. The molecule has 2 N–H and O–H groups in total. The summed E-state index contributed by atoms with van der Waals surface area (Å²) in [5.41, 5.74) is 6.15. The number of nitrogen functional groups attached to an aromatic ring is 1. The molecule has 5 nitrogen and oxygen atoms in total. The fourth-order valence-corrected chi connectivity index (χ4v) is 1.98. The van der Waals surface area contributed by atoms with Crippen LogP contribution in [0.25, 0.3) is 10.8 Å². The summed E-state index contributed by atoms with van der Waals surface area (Å²) in [6.07, 6.45) is 4.83. The molecule has 0 spiro atoms. The topological polar surface area (TPSA) is 73.8 Å². The van der Waals surface area contributed by atoms with Crippen LogP contribution < -0.4 is 11.3 Å². The van der Waals surface area contributed by atoms with E-state index >= 15 is 0 Å². The number of nitrogens with two attached hydrogens (primary N) is 1. The molecule has 1 aromatic carbocycles. The van der Waals surface area contributed by atoms with Gasteiger partial charge in [0.25, 0.3) is 5.56 Å². The molecule has 0 amide bonds. The van der Waals surface area contributed by atoms with E-state index in [2.05, 4.69) is 9.97 Å². The number of benzene rings is 1. The van der Waals surface area contributed by atoms with Gasteiger partial charge in [0, 0.05) is 11.6 Å². The average Bonchev–Trinajstić information content (AvgIpc) is 2.45. The summed E-state index contributed by atoms with van der Waals surface area (Å²) in [6, 6.07) is 9.43. The Labute approximate surface area is 109 Å². The van der Waals surface area contributed by atoms with Crippen molar-refractivity contribution < 1.29 is 0 Å². The van der Waals surface area contributed by atoms with Crippen molar-refractivity contribution in [3.8, 4) is 0 Å². The minimum absolute atomic E-state index is 0.0308. The van der Waals surface area contributed by atoms with Gasteiger partial charge in [0.05, 0.1) is 24.6 Å². The van der Waals surface area contributed by atoms with Crippen molar-refractivity contribution in [2.45, 2.75) is 6.54 Å². The second kappa shape index (κ2) is 4.53. The Morgan fingerprint density at radius 1 is 1.11 bits per heavy atom. The molecule has 2 heterocycles. The van der Waals surface area contributed by atoms with Crippen LogP contribution in [0.1, 0.15) is 5.69 Å². The highest BCUT2D eigenvalue weighted by molar-refractivity contribution is 5.81. The Morgan fingerprint density at radius 3 is 2.74 bits per heavy atom. The molecule has 0 aliphatic heterocycles. The van der Waals surface area contributed by atoms with Gasteiger partial charge in [-0.15, -0.1) is 0 Å². The Balaban J connectivity index is 2.04. The second-order valence-electron chi connectivity index (χ2n) is 4.27. The van der Waals surface area contributed by atoms with Crippen molar-refractivity contribution in [3.63, 3.8) is 0 Å². The zero-order valence-electron chi connectivity index (χ0n) is 10.2. The number of anilines is 1. The maximum Gasteiger partial charge on any atom is 0.258 e. The maximum absolute atomic E-state index is 12.3. The normalized spacial score (nSPS) is 10.7. The van der Waals surface area contributed by atoms with Crippen LogP contribution in [0.15, 0.2) is 53.7 Å². The summed E-state index contributed by atoms with van der Waals surface area (Å²) in [7, 11) is 0. The fraction of sp³-hybridized carbons (Fsp3) is 0.0714. The minimum atomic E-state index is -0.0308. The van der Waals surface area contributed by atoms with Gasteiger partial charge in [-0.3, -0.25) is 9.78 Å². The van der Waals surface area contributed by atoms with Gasteiger partial charge in [-0.1, -0.05) is 18.2 Å². The molecule has 0 saturated carbocycles. The lowest BCUT2D eigenvalue weighted by atomic mass is 10.2. The predicted molar refractivity (Wildman–Crippen MR) is 73.8 cm³/mol. The zero-order chi connectivity index (χ0) is 13.2. The van der Waals surface area contributed by atoms with Crippen LogP contribution in [0.4, 0.5) is 5.82 Å². The van der Waals surface area contributed by atoms with E-state index in [4.69, 9.17) is 5.73 Å². The highest BCUT2D eigenvalue weighted by Gasteiger charge is 2.03. The molecule has 0 aliphatic rings. The third-order valence-electron chi connectivity index (χ3n) is 2.94. The van der Waals surface area contributed by atoms with E-state index in [1.807, 2.05) is 30.3 Å². The first kappa shape index (κ1) is 11.4. The lowest BCUT2D eigenvalue weighted by Crippen LogP contribution is -2.20. The second-order valence-corrected chi connectivity index (χ2v) is 4.27. The van der Waals surface area contributed by atoms with E-state index in [1.54, 1.807) is 17.0 Å². The monoisotopic (exact) mass is 252 g/mol. The van der Waals surface area contributed by atoms with Gasteiger partial charge in [-0.25, -0.2) is 4.98 Å². The summed E-state index contributed by atoms with van der Waals surface area (Å²) in [4.78, 5) is 20.4. The molecule has 2 aromatic heterocycles. The highest BCUT2D eigenvalue weighted by atomic mass is 16.1. The van der Waals surface area contributed by atoms with Crippen LogP contribution in [0.5, 0.6) is 0 Å². The number of aromatic nitrogens is 3. The third-order valence-corrected chi connectivity index (χ3v) is 2.94. The van der Waals surface area contributed by atoms with E-state index in [1.165, 1.54) is 6.20 Å². The number of fused-ring (bicyclic) bond motifs is 1. The number of nitrogens with zero attached hydrogens (tertiary/aromatic N) is 3. The van der Waals surface area contributed by atoms with Crippen molar-refractivity contribution in [1.82, 2.24) is 14.5 Å². The van der Waals surface area contributed by atoms with Gasteiger partial charge in [-0.2, -0.15) is 0 Å². The van der Waals surface area contributed by atoms with Crippen LogP contribution >= 0.6 is 0 Å². The number of hydrogen-bond donors (Lipinski definition) is 1. The van der Waals surface area contributed by atoms with Gasteiger partial charge in [0.2, 0.25) is 0 Å². The van der Waals surface area contributed by atoms with E-state index < -0.39 is 0 Å². The van der Waals surface area contributed by atoms with E-state index in [0.29, 0.717) is 23.4 Å². The average molecular weight is 252 g/mol. The summed E-state index contributed by atoms with van der Waals surface area (Å²) < 4.78 is 1.61. The van der Waals surface area contributed by atoms with Gasteiger partial charge >= 0.3 is 0 Å². The van der Waals surface area contributed by atoms with E-state index in [9.17, 15) is 4.79 Å². The van der Waals surface area contributed by atoms with E-state index in [-0.39, 0.29) is 5.56 Å². The van der Waals surface area contributed by atoms with E-state index in [0.717, 1.165) is 5.39 Å². The van der Waals surface area contributed by atoms with Crippen LogP contribution in [0.3, 0.4) is 0 Å². The molecule has 94 valence electrons. The first-order chi connectivity index (χ1) is 9.24. The molecule has 0 atom stereocenters. The van der Waals surface area contributed by atoms with Gasteiger partial charge < -0.3 is 10.3 Å². The molecule has 0 fully saturated rings. The summed E-state index contributed by atoms with van der Waals surface area (Å²) in [5.74, 6) is 0.370. The van der Waals surface area contributed by atoms with Crippen molar-refractivity contribution in [2.75, 3.05) is 5.73 Å². The Hall–Kier alpha value is -2.69. The largest absolute Gasteiger partial charge is 0.382 e. The summed E-state index contributed by atoms with van der Waals surface area (Å²) in [6.45, 7) is 0.386. The molecule has 0 saturated heterocycles. The van der Waals surface area contributed by atoms with Gasteiger partial charge in [0.1, 0.15) is 5.82 Å². The molecule has 5 heteroatoms. The molecular formula is C14H12N4O. The molecule has 3 rings (SSSR count). The Bertz CT molecular complexity index is 777. The van der Waals surface area contributed by atoms with Crippen molar-refractivity contribution >= 4 is 16.6 Å². The maximum atomic E-state index is 12.3. The first-order valence-corrected chi connectivity index (χ1v) is 5.88. The quantitative estimate of drug-likeness (QED) is 0.748. The molecule has 3 aromatic rings. The standard InChI is InChI=1S/C14H12N4O/c15-13-8-16-11(7-17-13)9-18-6-5-10-3-1-2-4-12(10)14(18)19/h1-8H,9H2,(H2,15,17). The summed E-state index contributed by atoms with van der Waals surface area (Å²) >= 11 is 0. The fourth-order valence-electron chi connectivity index (χ4n) is 1.98. The SMILES string of the molecule is Nc1cnc(Cn2ccc3ccccc3c2=O)cn1. The van der Waals surface area contributed by atoms with Crippen molar-refractivity contribution in [1.29, 1.82) is 0 Å². The van der Waals surface area contributed by atoms with Crippen molar-refractivity contribution in [3.05, 3.63) is 65.0 Å². The molecule has 19 heavy (non-hydrogen) atoms. The lowest BCUT2D eigenvalue weighted by Gasteiger charge is -2.06. The van der Waals surface area contributed by atoms with Gasteiger partial charge in [-0.05, 0) is 17.5 Å². The molecule has 0 unspecified atom stereocenters.